The maximum Gasteiger partial charge on any atom is 0.0900 e. The van der Waals surface area contributed by atoms with Crippen LogP contribution in [-0.2, 0) is 17.9 Å². The summed E-state index contributed by atoms with van der Waals surface area (Å²) in [4.78, 5) is 0. The van der Waals surface area contributed by atoms with Gasteiger partial charge in [0.1, 0.15) is 0 Å². The fourth-order valence-corrected chi connectivity index (χ4v) is 1.55. The first-order valence-electron chi connectivity index (χ1n) is 5.20. The first kappa shape index (κ1) is 12.5. The molecule has 0 saturated heterocycles. The van der Waals surface area contributed by atoms with Gasteiger partial charge in [0.25, 0.3) is 0 Å². The summed E-state index contributed by atoms with van der Waals surface area (Å²) in [7, 11) is 0. The van der Waals surface area contributed by atoms with Gasteiger partial charge in [-0.1, -0.05) is 11.6 Å². The van der Waals surface area contributed by atoms with Crippen molar-refractivity contribution in [1.29, 1.82) is 0 Å². The Morgan fingerprint density at radius 2 is 2.27 bits per heavy atom. The second kappa shape index (κ2) is 6.10. The summed E-state index contributed by atoms with van der Waals surface area (Å²) < 4.78 is 7.35. The van der Waals surface area contributed by atoms with Crippen LogP contribution in [-0.4, -0.2) is 22.9 Å². The van der Waals surface area contributed by atoms with Crippen LogP contribution in [0.5, 0.6) is 0 Å². The number of aryl methyl sites for hydroxylation is 2. The van der Waals surface area contributed by atoms with Gasteiger partial charge in [-0.15, -0.1) is 0 Å². The Balaban J connectivity index is 2.58. The molecule has 86 valence electrons. The van der Waals surface area contributed by atoms with Gasteiger partial charge in [0, 0.05) is 13.2 Å². The normalized spacial score (nSPS) is 10.9. The number of halogens is 1. The molecule has 0 spiro atoms. The highest BCUT2D eigenvalue weighted by atomic mass is 35.5. The van der Waals surface area contributed by atoms with Crippen LogP contribution in [0, 0.1) is 6.92 Å². The van der Waals surface area contributed by atoms with Crippen molar-refractivity contribution in [3.05, 3.63) is 16.4 Å². The molecule has 0 aliphatic carbocycles. The Labute approximate surface area is 95.3 Å². The molecule has 0 bridgehead atoms. The molecule has 1 aromatic rings. The van der Waals surface area contributed by atoms with Gasteiger partial charge in [-0.25, -0.2) is 0 Å². The highest BCUT2D eigenvalue weighted by Crippen LogP contribution is 2.20. The fraction of sp³-hybridized carbons (Fsp3) is 0.700. The van der Waals surface area contributed by atoms with E-state index in [0.717, 1.165) is 24.4 Å². The zero-order valence-corrected chi connectivity index (χ0v) is 10.0. The minimum absolute atomic E-state index is 0.507. The van der Waals surface area contributed by atoms with E-state index in [4.69, 9.17) is 22.1 Å². The fourth-order valence-electron chi connectivity index (χ4n) is 1.36. The topological polar surface area (TPSA) is 53.1 Å². The van der Waals surface area contributed by atoms with Gasteiger partial charge in [0.15, 0.2) is 0 Å². The second-order valence-corrected chi connectivity index (χ2v) is 3.73. The number of hydrogen-bond donors (Lipinski definition) is 1. The molecule has 1 rings (SSSR count). The Hall–Kier alpha value is -0.580. The summed E-state index contributed by atoms with van der Waals surface area (Å²) in [6, 6.07) is 0. The number of hydrogen-bond acceptors (Lipinski definition) is 3. The van der Waals surface area contributed by atoms with Crippen molar-refractivity contribution < 1.29 is 4.74 Å². The third-order valence-electron chi connectivity index (χ3n) is 2.18. The van der Waals surface area contributed by atoms with Crippen molar-refractivity contribution >= 4 is 11.6 Å². The molecule has 0 radical (unpaired) electrons. The first-order chi connectivity index (χ1) is 7.20. The standard InChI is InChI=1S/C10H18ClN3O/c1-3-14-9(7-15-6-4-5-12)10(11)8(2)13-14/h3-7,12H2,1-2H3. The Morgan fingerprint density at radius 3 is 2.87 bits per heavy atom. The van der Waals surface area contributed by atoms with E-state index in [1.807, 2.05) is 18.5 Å². The third-order valence-corrected chi connectivity index (χ3v) is 2.68. The van der Waals surface area contributed by atoms with Gasteiger partial charge in [-0.2, -0.15) is 5.10 Å². The number of nitrogens with zero attached hydrogens (tertiary/aromatic N) is 2. The predicted molar refractivity (Wildman–Crippen MR) is 61.0 cm³/mol. The van der Waals surface area contributed by atoms with Crippen LogP contribution in [0.4, 0.5) is 0 Å². The molecule has 1 aromatic heterocycles. The highest BCUT2D eigenvalue weighted by Gasteiger charge is 2.11. The quantitative estimate of drug-likeness (QED) is 0.759. The lowest BCUT2D eigenvalue weighted by Gasteiger charge is -2.06. The van der Waals surface area contributed by atoms with Gasteiger partial charge < -0.3 is 10.5 Å². The van der Waals surface area contributed by atoms with E-state index in [0.29, 0.717) is 24.8 Å². The largest absolute Gasteiger partial charge is 0.375 e. The number of rotatable bonds is 6. The number of nitrogens with two attached hydrogens (primary N) is 1. The van der Waals surface area contributed by atoms with E-state index in [1.165, 1.54) is 0 Å². The average molecular weight is 232 g/mol. The van der Waals surface area contributed by atoms with Crippen molar-refractivity contribution in [1.82, 2.24) is 9.78 Å². The molecule has 15 heavy (non-hydrogen) atoms. The van der Waals surface area contributed by atoms with E-state index in [2.05, 4.69) is 5.10 Å². The van der Waals surface area contributed by atoms with Crippen molar-refractivity contribution in [3.63, 3.8) is 0 Å². The van der Waals surface area contributed by atoms with Crippen LogP contribution in [0.15, 0.2) is 0 Å². The summed E-state index contributed by atoms with van der Waals surface area (Å²) in [6.45, 7) is 6.57. The SMILES string of the molecule is CCn1nc(C)c(Cl)c1COCCCN. The lowest BCUT2D eigenvalue weighted by molar-refractivity contribution is 0.114. The molecule has 2 N–H and O–H groups in total. The predicted octanol–water partition coefficient (Wildman–Crippen LogP) is 1.73. The van der Waals surface area contributed by atoms with Crippen LogP contribution in [0.2, 0.25) is 5.02 Å². The van der Waals surface area contributed by atoms with Crippen molar-refractivity contribution in [2.75, 3.05) is 13.2 Å². The minimum atomic E-state index is 0.507. The zero-order chi connectivity index (χ0) is 11.3. The van der Waals surface area contributed by atoms with Crippen LogP contribution in [0.1, 0.15) is 24.7 Å². The zero-order valence-electron chi connectivity index (χ0n) is 9.29. The third kappa shape index (κ3) is 3.19. The van der Waals surface area contributed by atoms with E-state index in [9.17, 15) is 0 Å². The monoisotopic (exact) mass is 231 g/mol. The van der Waals surface area contributed by atoms with Crippen molar-refractivity contribution in [3.8, 4) is 0 Å². The van der Waals surface area contributed by atoms with Crippen LogP contribution in [0.3, 0.4) is 0 Å². The van der Waals surface area contributed by atoms with Crippen LogP contribution >= 0.6 is 11.6 Å². The maximum atomic E-state index is 6.12. The Kier molecular flexibility index (Phi) is 5.08. The van der Waals surface area contributed by atoms with Crippen molar-refractivity contribution in [2.24, 2.45) is 5.73 Å². The van der Waals surface area contributed by atoms with Gasteiger partial charge >= 0.3 is 0 Å². The van der Waals surface area contributed by atoms with Crippen molar-refractivity contribution in [2.45, 2.75) is 33.4 Å². The molecule has 0 aliphatic heterocycles. The van der Waals surface area contributed by atoms with E-state index < -0.39 is 0 Å². The second-order valence-electron chi connectivity index (χ2n) is 3.36. The maximum absolute atomic E-state index is 6.12. The highest BCUT2D eigenvalue weighted by molar-refractivity contribution is 6.31. The molecular weight excluding hydrogens is 214 g/mol. The minimum Gasteiger partial charge on any atom is -0.375 e. The molecule has 0 fully saturated rings. The smallest absolute Gasteiger partial charge is 0.0900 e. The number of aromatic nitrogens is 2. The summed E-state index contributed by atoms with van der Waals surface area (Å²) in [6.07, 6.45) is 0.872. The van der Waals surface area contributed by atoms with Crippen LogP contribution in [0.25, 0.3) is 0 Å². The molecule has 0 unspecified atom stereocenters. The molecular formula is C10H18ClN3O. The summed E-state index contributed by atoms with van der Waals surface area (Å²) in [5.74, 6) is 0. The summed E-state index contributed by atoms with van der Waals surface area (Å²) in [5.41, 5.74) is 7.18. The lowest BCUT2D eigenvalue weighted by Crippen LogP contribution is -2.08. The molecule has 0 aromatic carbocycles. The first-order valence-corrected chi connectivity index (χ1v) is 5.58. The average Bonchev–Trinajstić information content (AvgIpc) is 2.51. The molecule has 4 nitrogen and oxygen atoms in total. The molecule has 5 heteroatoms. The van der Waals surface area contributed by atoms with Gasteiger partial charge in [-0.05, 0) is 26.8 Å². The van der Waals surface area contributed by atoms with E-state index in [1.54, 1.807) is 0 Å². The lowest BCUT2D eigenvalue weighted by atomic mass is 10.4. The summed E-state index contributed by atoms with van der Waals surface area (Å²) >= 11 is 6.12. The van der Waals surface area contributed by atoms with Crippen LogP contribution < -0.4 is 5.73 Å². The van der Waals surface area contributed by atoms with E-state index >= 15 is 0 Å². The van der Waals surface area contributed by atoms with Gasteiger partial charge in [0.05, 0.1) is 23.0 Å². The molecule has 0 atom stereocenters. The Morgan fingerprint density at radius 1 is 1.53 bits per heavy atom. The molecule has 0 aliphatic rings. The number of ether oxygens (including phenoxy) is 1. The Bertz CT molecular complexity index is 312. The molecule has 1 heterocycles. The van der Waals surface area contributed by atoms with E-state index in [-0.39, 0.29) is 0 Å². The molecule has 0 amide bonds. The summed E-state index contributed by atoms with van der Waals surface area (Å²) in [5, 5.41) is 5.02. The van der Waals surface area contributed by atoms with Gasteiger partial charge in [0.2, 0.25) is 0 Å². The van der Waals surface area contributed by atoms with Gasteiger partial charge in [-0.3, -0.25) is 4.68 Å². The molecule has 0 saturated carbocycles.